The van der Waals surface area contributed by atoms with Crippen LogP contribution in [0.15, 0.2) is 47.8 Å². The third kappa shape index (κ3) is 4.71. The number of ether oxygens (including phenoxy) is 1. The Morgan fingerprint density at radius 1 is 1.17 bits per heavy atom. The average Bonchev–Trinajstić information content (AvgIpc) is 3.21. The average molecular weight is 394 g/mol. The molecule has 0 bridgehead atoms. The molecule has 4 heterocycles. The van der Waals surface area contributed by atoms with Gasteiger partial charge in [-0.15, -0.1) is 0 Å². The number of nitrogens with one attached hydrogen (secondary N) is 1. The molecule has 3 aromatic heterocycles. The fourth-order valence-corrected chi connectivity index (χ4v) is 3.37. The van der Waals surface area contributed by atoms with Gasteiger partial charge in [-0.05, 0) is 30.9 Å². The van der Waals surface area contributed by atoms with Gasteiger partial charge in [0, 0.05) is 62.2 Å². The molecular weight excluding hydrogens is 368 g/mol. The number of rotatable bonds is 6. The molecule has 8 heteroatoms. The number of aromatic nitrogens is 5. The first-order valence-electron chi connectivity index (χ1n) is 10.0. The van der Waals surface area contributed by atoms with E-state index in [-0.39, 0.29) is 5.56 Å². The van der Waals surface area contributed by atoms with Crippen molar-refractivity contribution >= 4 is 5.95 Å². The van der Waals surface area contributed by atoms with E-state index >= 15 is 0 Å². The molecule has 0 aliphatic carbocycles. The molecule has 1 fully saturated rings. The van der Waals surface area contributed by atoms with Crippen LogP contribution in [-0.4, -0.2) is 43.6 Å². The molecule has 0 radical (unpaired) electrons. The molecule has 0 saturated carbocycles. The molecule has 1 saturated heterocycles. The first kappa shape index (κ1) is 19.3. The Kier molecular flexibility index (Phi) is 5.71. The van der Waals surface area contributed by atoms with Gasteiger partial charge >= 0.3 is 0 Å². The van der Waals surface area contributed by atoms with Gasteiger partial charge in [0.1, 0.15) is 0 Å². The molecule has 8 nitrogen and oxygen atoms in total. The van der Waals surface area contributed by atoms with Crippen LogP contribution in [0.4, 0.5) is 5.95 Å². The summed E-state index contributed by atoms with van der Waals surface area (Å²) >= 11 is 0. The minimum Gasteiger partial charge on any atom is -0.381 e. The molecule has 1 aliphatic heterocycles. The first-order valence-corrected chi connectivity index (χ1v) is 10.0. The summed E-state index contributed by atoms with van der Waals surface area (Å²) in [6.07, 6.45) is 9.21. The van der Waals surface area contributed by atoms with Gasteiger partial charge in [-0.25, -0.2) is 14.6 Å². The highest BCUT2D eigenvalue weighted by Crippen LogP contribution is 2.18. The lowest BCUT2D eigenvalue weighted by atomic mass is 10.1. The summed E-state index contributed by atoms with van der Waals surface area (Å²) in [6, 6.07) is 5.64. The van der Waals surface area contributed by atoms with E-state index in [1.807, 2.05) is 18.5 Å². The van der Waals surface area contributed by atoms with Crippen LogP contribution >= 0.6 is 0 Å². The number of nitrogens with zero attached hydrogens (tertiary/aromatic N) is 5. The van der Waals surface area contributed by atoms with Crippen LogP contribution in [0, 0.1) is 5.92 Å². The van der Waals surface area contributed by atoms with Crippen molar-refractivity contribution in [2.24, 2.45) is 5.92 Å². The zero-order chi connectivity index (χ0) is 20.2. The summed E-state index contributed by atoms with van der Waals surface area (Å²) in [6.45, 7) is 6.41. The molecule has 0 aromatic carbocycles. The summed E-state index contributed by atoms with van der Waals surface area (Å²) in [5.74, 6) is 1.02. The predicted molar refractivity (Wildman–Crippen MR) is 111 cm³/mol. The van der Waals surface area contributed by atoms with Gasteiger partial charge in [-0.3, -0.25) is 4.79 Å². The first-order chi connectivity index (χ1) is 14.1. The number of hydrogen-bond donors (Lipinski definition) is 1. The third-order valence-corrected chi connectivity index (χ3v) is 4.89. The minimum atomic E-state index is -0.00385. The molecule has 0 spiro atoms. The quantitative estimate of drug-likeness (QED) is 0.692. The van der Waals surface area contributed by atoms with Crippen molar-refractivity contribution in [2.75, 3.05) is 18.5 Å². The molecule has 0 amide bonds. The third-order valence-electron chi connectivity index (χ3n) is 4.89. The largest absolute Gasteiger partial charge is 0.381 e. The summed E-state index contributed by atoms with van der Waals surface area (Å²) in [4.78, 5) is 20.9. The van der Waals surface area contributed by atoms with E-state index in [1.165, 1.54) is 0 Å². The summed E-state index contributed by atoms with van der Waals surface area (Å²) in [5, 5.41) is 7.99. The summed E-state index contributed by atoms with van der Waals surface area (Å²) < 4.78 is 8.86. The molecule has 0 atom stereocenters. The van der Waals surface area contributed by atoms with Crippen molar-refractivity contribution in [1.82, 2.24) is 24.3 Å². The summed E-state index contributed by atoms with van der Waals surface area (Å²) in [7, 11) is 0. The summed E-state index contributed by atoms with van der Waals surface area (Å²) in [5.41, 5.74) is 2.46. The highest BCUT2D eigenvalue weighted by atomic mass is 16.5. The van der Waals surface area contributed by atoms with Crippen LogP contribution in [0.1, 0.15) is 26.7 Å². The fourth-order valence-electron chi connectivity index (χ4n) is 3.37. The Morgan fingerprint density at radius 2 is 1.93 bits per heavy atom. The maximum absolute atomic E-state index is 12.0. The Hall–Kier alpha value is -3.00. The van der Waals surface area contributed by atoms with Gasteiger partial charge in [0.25, 0.3) is 5.56 Å². The topological polar surface area (TPSA) is 86.9 Å². The molecule has 3 aromatic rings. The van der Waals surface area contributed by atoms with Crippen LogP contribution in [0.3, 0.4) is 0 Å². The molecule has 4 rings (SSSR count). The normalized spacial score (nSPS) is 15.0. The second-order valence-electron chi connectivity index (χ2n) is 7.74. The zero-order valence-electron chi connectivity index (χ0n) is 16.8. The number of anilines is 1. The monoisotopic (exact) mass is 394 g/mol. The highest BCUT2D eigenvalue weighted by Gasteiger charge is 2.14. The van der Waals surface area contributed by atoms with Crippen LogP contribution in [-0.2, 0) is 11.3 Å². The fraction of sp³-hybridized carbons (Fsp3) is 0.429. The zero-order valence-corrected chi connectivity index (χ0v) is 16.8. The SMILES string of the molecule is CC(C)Cn1cc(-n2ccc(-c3cnc(NC4CCOCC4)nc3)n2)ccc1=O. The van der Waals surface area contributed by atoms with Gasteiger partial charge in [0.15, 0.2) is 0 Å². The molecule has 1 N–H and O–H groups in total. The second-order valence-corrected chi connectivity index (χ2v) is 7.74. The van der Waals surface area contributed by atoms with Crippen LogP contribution in [0.5, 0.6) is 0 Å². The number of hydrogen-bond acceptors (Lipinski definition) is 6. The Balaban J connectivity index is 1.49. The van der Waals surface area contributed by atoms with Gasteiger partial charge in [0.05, 0.1) is 11.4 Å². The van der Waals surface area contributed by atoms with E-state index in [0.717, 1.165) is 43.0 Å². The Morgan fingerprint density at radius 3 is 2.66 bits per heavy atom. The van der Waals surface area contributed by atoms with Crippen LogP contribution in [0.2, 0.25) is 0 Å². The molecule has 0 unspecified atom stereocenters. The van der Waals surface area contributed by atoms with Gasteiger partial charge in [0.2, 0.25) is 5.95 Å². The predicted octanol–water partition coefficient (Wildman–Crippen LogP) is 2.74. The minimum absolute atomic E-state index is 0.00385. The van der Waals surface area contributed by atoms with Crippen molar-refractivity contribution in [3.63, 3.8) is 0 Å². The van der Waals surface area contributed by atoms with E-state index in [9.17, 15) is 4.79 Å². The highest BCUT2D eigenvalue weighted by molar-refractivity contribution is 5.57. The van der Waals surface area contributed by atoms with Gasteiger partial charge in [-0.2, -0.15) is 5.10 Å². The van der Waals surface area contributed by atoms with Crippen LogP contribution in [0.25, 0.3) is 16.9 Å². The van der Waals surface area contributed by atoms with E-state index in [4.69, 9.17) is 4.74 Å². The number of pyridine rings is 1. The lowest BCUT2D eigenvalue weighted by Crippen LogP contribution is -2.28. The van der Waals surface area contributed by atoms with E-state index in [0.29, 0.717) is 24.5 Å². The van der Waals surface area contributed by atoms with E-state index in [1.54, 1.807) is 33.8 Å². The lowest BCUT2D eigenvalue weighted by Gasteiger charge is -2.22. The van der Waals surface area contributed by atoms with Gasteiger partial charge < -0.3 is 14.6 Å². The molecule has 29 heavy (non-hydrogen) atoms. The lowest BCUT2D eigenvalue weighted by molar-refractivity contribution is 0.0903. The molecular formula is C21H26N6O2. The van der Waals surface area contributed by atoms with E-state index < -0.39 is 0 Å². The van der Waals surface area contributed by atoms with Crippen molar-refractivity contribution in [2.45, 2.75) is 39.3 Å². The van der Waals surface area contributed by atoms with Crippen molar-refractivity contribution < 1.29 is 4.74 Å². The molecule has 1 aliphatic rings. The smallest absolute Gasteiger partial charge is 0.250 e. The molecule has 152 valence electrons. The Bertz CT molecular complexity index is 1000. The van der Waals surface area contributed by atoms with E-state index in [2.05, 4.69) is 34.2 Å². The Labute approximate surface area is 169 Å². The van der Waals surface area contributed by atoms with Crippen LogP contribution < -0.4 is 10.9 Å². The maximum Gasteiger partial charge on any atom is 0.250 e. The maximum atomic E-state index is 12.0. The van der Waals surface area contributed by atoms with Crippen molar-refractivity contribution in [3.8, 4) is 16.9 Å². The van der Waals surface area contributed by atoms with Crippen molar-refractivity contribution in [3.05, 3.63) is 53.3 Å². The standard InChI is InChI=1S/C21H26N6O2/c1-15(2)13-26-14-18(3-4-20(26)28)27-8-5-19(25-27)16-11-22-21(23-12-16)24-17-6-9-29-10-7-17/h3-5,8,11-12,14-15,17H,6-7,9-10,13H2,1-2H3,(H,22,23,24). The van der Waals surface area contributed by atoms with Gasteiger partial charge in [-0.1, -0.05) is 13.8 Å². The second kappa shape index (κ2) is 8.57. The van der Waals surface area contributed by atoms with Crippen molar-refractivity contribution in [1.29, 1.82) is 0 Å².